The fourth-order valence-electron chi connectivity index (χ4n) is 3.03. The Balaban J connectivity index is 1.73. The SMILES string of the molecule is CNC(=O)CC1(O)CCCN(C(=O)c2ccc3c(c2)OCO3)C1. The lowest BCUT2D eigenvalue weighted by Crippen LogP contribution is -2.52. The Bertz CT molecular complexity index is 633. The van der Waals surface area contributed by atoms with E-state index >= 15 is 0 Å². The summed E-state index contributed by atoms with van der Waals surface area (Å²) in [6.45, 7) is 0.861. The van der Waals surface area contributed by atoms with Gasteiger partial charge in [-0.05, 0) is 31.0 Å². The van der Waals surface area contributed by atoms with Gasteiger partial charge in [0.25, 0.3) is 5.91 Å². The molecule has 0 aromatic heterocycles. The zero-order valence-electron chi connectivity index (χ0n) is 13.0. The van der Waals surface area contributed by atoms with Crippen molar-refractivity contribution in [3.05, 3.63) is 23.8 Å². The number of carbonyl (C=O) groups excluding carboxylic acids is 2. The van der Waals surface area contributed by atoms with Gasteiger partial charge in [0.15, 0.2) is 11.5 Å². The van der Waals surface area contributed by atoms with Crippen LogP contribution in [0.3, 0.4) is 0 Å². The molecule has 23 heavy (non-hydrogen) atoms. The Hall–Kier alpha value is -2.28. The minimum absolute atomic E-state index is 0.00554. The number of piperidine rings is 1. The predicted molar refractivity (Wildman–Crippen MR) is 81.3 cm³/mol. The first-order valence-electron chi connectivity index (χ1n) is 7.63. The number of hydrogen-bond acceptors (Lipinski definition) is 5. The number of benzene rings is 1. The van der Waals surface area contributed by atoms with Crippen LogP contribution in [0.4, 0.5) is 0 Å². The standard InChI is InChI=1S/C16H20N2O5/c1-17-14(19)8-16(21)5-2-6-18(9-16)15(20)11-3-4-12-13(7-11)23-10-22-12/h3-4,7,21H,2,5-6,8-10H2,1H3,(H,17,19). The average molecular weight is 320 g/mol. The Morgan fingerprint density at radius 1 is 1.35 bits per heavy atom. The van der Waals surface area contributed by atoms with E-state index in [2.05, 4.69) is 5.32 Å². The van der Waals surface area contributed by atoms with E-state index in [9.17, 15) is 14.7 Å². The number of hydrogen-bond donors (Lipinski definition) is 2. The lowest BCUT2D eigenvalue weighted by molar-refractivity contribution is -0.127. The number of rotatable bonds is 3. The van der Waals surface area contributed by atoms with Crippen LogP contribution in [-0.4, -0.2) is 54.4 Å². The zero-order valence-corrected chi connectivity index (χ0v) is 13.0. The van der Waals surface area contributed by atoms with E-state index in [4.69, 9.17) is 9.47 Å². The third-order valence-corrected chi connectivity index (χ3v) is 4.23. The molecule has 1 saturated heterocycles. The zero-order chi connectivity index (χ0) is 16.4. The number of carbonyl (C=O) groups is 2. The molecule has 7 nitrogen and oxygen atoms in total. The number of ether oxygens (including phenoxy) is 2. The van der Waals surface area contributed by atoms with Crippen molar-refractivity contribution in [3.8, 4) is 11.5 Å². The molecular weight excluding hydrogens is 300 g/mol. The second-order valence-electron chi connectivity index (χ2n) is 5.97. The van der Waals surface area contributed by atoms with Crippen LogP contribution >= 0.6 is 0 Å². The van der Waals surface area contributed by atoms with Gasteiger partial charge in [0, 0.05) is 19.2 Å². The molecule has 2 amide bonds. The number of nitrogens with one attached hydrogen (secondary N) is 1. The molecule has 1 unspecified atom stereocenters. The van der Waals surface area contributed by atoms with E-state index in [0.717, 1.165) is 0 Å². The Morgan fingerprint density at radius 3 is 2.91 bits per heavy atom. The Labute approximate surface area is 134 Å². The van der Waals surface area contributed by atoms with Gasteiger partial charge < -0.3 is 24.8 Å². The van der Waals surface area contributed by atoms with E-state index < -0.39 is 5.60 Å². The molecule has 0 saturated carbocycles. The first-order chi connectivity index (χ1) is 11.0. The van der Waals surface area contributed by atoms with Crippen molar-refractivity contribution >= 4 is 11.8 Å². The van der Waals surface area contributed by atoms with Crippen LogP contribution < -0.4 is 14.8 Å². The second kappa shape index (κ2) is 6.08. The van der Waals surface area contributed by atoms with Crippen molar-refractivity contribution in [2.45, 2.75) is 24.9 Å². The molecule has 2 aliphatic rings. The first kappa shape index (κ1) is 15.6. The van der Waals surface area contributed by atoms with Crippen LogP contribution in [0.1, 0.15) is 29.6 Å². The normalized spacial score (nSPS) is 22.8. The molecule has 7 heteroatoms. The molecule has 3 rings (SSSR count). The Kier molecular flexibility index (Phi) is 4.12. The van der Waals surface area contributed by atoms with Crippen molar-refractivity contribution in [1.82, 2.24) is 10.2 Å². The number of amides is 2. The third kappa shape index (κ3) is 3.24. The smallest absolute Gasteiger partial charge is 0.254 e. The highest BCUT2D eigenvalue weighted by molar-refractivity contribution is 5.95. The van der Waals surface area contributed by atoms with Crippen LogP contribution in [0.15, 0.2) is 18.2 Å². The lowest BCUT2D eigenvalue weighted by atomic mass is 9.89. The average Bonchev–Trinajstić information content (AvgIpc) is 3.01. The minimum atomic E-state index is -1.18. The van der Waals surface area contributed by atoms with Crippen molar-refractivity contribution in [1.29, 1.82) is 0 Å². The second-order valence-corrected chi connectivity index (χ2v) is 5.97. The highest BCUT2D eigenvalue weighted by atomic mass is 16.7. The van der Waals surface area contributed by atoms with Crippen molar-refractivity contribution in [2.24, 2.45) is 0 Å². The highest BCUT2D eigenvalue weighted by Crippen LogP contribution is 2.33. The highest BCUT2D eigenvalue weighted by Gasteiger charge is 2.37. The summed E-state index contributed by atoms with van der Waals surface area (Å²) in [6.07, 6.45) is 1.16. The fourth-order valence-corrected chi connectivity index (χ4v) is 3.03. The van der Waals surface area contributed by atoms with E-state index in [1.54, 1.807) is 23.1 Å². The molecule has 2 N–H and O–H groups in total. The van der Waals surface area contributed by atoms with E-state index in [1.165, 1.54) is 7.05 Å². The molecule has 0 aliphatic carbocycles. The molecule has 0 spiro atoms. The van der Waals surface area contributed by atoms with Crippen LogP contribution in [0.5, 0.6) is 11.5 Å². The number of fused-ring (bicyclic) bond motifs is 1. The van der Waals surface area contributed by atoms with Crippen molar-refractivity contribution in [3.63, 3.8) is 0 Å². The molecule has 2 aliphatic heterocycles. The summed E-state index contributed by atoms with van der Waals surface area (Å²) >= 11 is 0. The fraction of sp³-hybridized carbons (Fsp3) is 0.500. The molecule has 1 fully saturated rings. The van der Waals surface area contributed by atoms with Gasteiger partial charge in [-0.3, -0.25) is 9.59 Å². The van der Waals surface area contributed by atoms with Gasteiger partial charge in [-0.2, -0.15) is 0 Å². The van der Waals surface area contributed by atoms with Gasteiger partial charge in [0.1, 0.15) is 0 Å². The van der Waals surface area contributed by atoms with Gasteiger partial charge in [0.2, 0.25) is 12.7 Å². The Morgan fingerprint density at radius 2 is 2.13 bits per heavy atom. The molecule has 0 bridgehead atoms. The van der Waals surface area contributed by atoms with Crippen LogP contribution in [0, 0.1) is 0 Å². The molecule has 0 radical (unpaired) electrons. The topological polar surface area (TPSA) is 88.1 Å². The maximum Gasteiger partial charge on any atom is 0.254 e. The number of likely N-dealkylation sites (tertiary alicyclic amines) is 1. The summed E-state index contributed by atoms with van der Waals surface area (Å²) in [6, 6.07) is 5.04. The van der Waals surface area contributed by atoms with E-state index in [-0.39, 0.29) is 31.6 Å². The minimum Gasteiger partial charge on any atom is -0.454 e. The summed E-state index contributed by atoms with van der Waals surface area (Å²) < 4.78 is 10.5. The summed E-state index contributed by atoms with van der Waals surface area (Å²) in [4.78, 5) is 25.8. The lowest BCUT2D eigenvalue weighted by Gasteiger charge is -2.38. The molecule has 124 valence electrons. The number of β-amino-alcohol motifs (C(OH)–C–C–N with tert-alkyl or cyclic N) is 1. The predicted octanol–water partition coefficient (Wildman–Crippen LogP) is 0.518. The quantitative estimate of drug-likeness (QED) is 0.848. The molecule has 2 heterocycles. The molecule has 1 aromatic carbocycles. The molecular formula is C16H20N2O5. The van der Waals surface area contributed by atoms with Gasteiger partial charge >= 0.3 is 0 Å². The van der Waals surface area contributed by atoms with Crippen molar-refractivity contribution < 1.29 is 24.2 Å². The summed E-state index contributed by atoms with van der Waals surface area (Å²) in [5.41, 5.74) is -0.692. The van der Waals surface area contributed by atoms with Gasteiger partial charge in [-0.1, -0.05) is 0 Å². The van der Waals surface area contributed by atoms with Crippen LogP contribution in [-0.2, 0) is 4.79 Å². The van der Waals surface area contributed by atoms with Gasteiger partial charge in [0.05, 0.1) is 18.6 Å². The van der Waals surface area contributed by atoms with E-state index in [1.807, 2.05) is 0 Å². The van der Waals surface area contributed by atoms with Crippen LogP contribution in [0.25, 0.3) is 0 Å². The monoisotopic (exact) mass is 320 g/mol. The summed E-state index contributed by atoms with van der Waals surface area (Å²) in [5, 5.41) is 13.1. The summed E-state index contributed by atoms with van der Waals surface area (Å²) in [5.74, 6) is 0.757. The van der Waals surface area contributed by atoms with Gasteiger partial charge in [-0.25, -0.2) is 0 Å². The van der Waals surface area contributed by atoms with Crippen LogP contribution in [0.2, 0.25) is 0 Å². The molecule has 1 aromatic rings. The third-order valence-electron chi connectivity index (χ3n) is 4.23. The maximum atomic E-state index is 12.7. The summed E-state index contributed by atoms with van der Waals surface area (Å²) in [7, 11) is 1.53. The molecule has 1 atom stereocenters. The van der Waals surface area contributed by atoms with Gasteiger partial charge in [-0.15, -0.1) is 0 Å². The number of aliphatic hydroxyl groups is 1. The van der Waals surface area contributed by atoms with E-state index in [0.29, 0.717) is 36.4 Å². The van der Waals surface area contributed by atoms with Crippen molar-refractivity contribution in [2.75, 3.05) is 26.9 Å². The maximum absolute atomic E-state index is 12.7. The number of nitrogens with zero attached hydrogens (tertiary/aromatic N) is 1. The largest absolute Gasteiger partial charge is 0.454 e. The first-order valence-corrected chi connectivity index (χ1v) is 7.63.